The number of carbonyl (C=O) groups is 2. The van der Waals surface area contributed by atoms with Crippen molar-refractivity contribution in [3.8, 4) is 0 Å². The lowest BCUT2D eigenvalue weighted by Crippen LogP contribution is -2.37. The molecular formula is C17H24N2O3. The van der Waals surface area contributed by atoms with Gasteiger partial charge in [-0.3, -0.25) is 9.59 Å². The highest BCUT2D eigenvalue weighted by Gasteiger charge is 2.22. The van der Waals surface area contributed by atoms with Gasteiger partial charge in [0, 0.05) is 24.7 Å². The lowest BCUT2D eigenvalue weighted by Gasteiger charge is -2.26. The topological polar surface area (TPSA) is 78.4 Å². The van der Waals surface area contributed by atoms with Gasteiger partial charge in [0.2, 0.25) is 0 Å². The zero-order valence-electron chi connectivity index (χ0n) is 13.0. The molecular weight excluding hydrogens is 280 g/mol. The fourth-order valence-electron chi connectivity index (χ4n) is 2.93. The van der Waals surface area contributed by atoms with Crippen LogP contribution < -0.4 is 10.6 Å². The van der Waals surface area contributed by atoms with E-state index in [1.54, 1.807) is 31.3 Å². The largest absolute Gasteiger partial charge is 0.391 e. The molecule has 1 aliphatic carbocycles. The molecule has 2 rings (SSSR count). The van der Waals surface area contributed by atoms with Crippen molar-refractivity contribution in [2.24, 2.45) is 5.92 Å². The number of hydrogen-bond acceptors (Lipinski definition) is 3. The average molecular weight is 304 g/mol. The fraction of sp³-hybridized carbons (Fsp3) is 0.529. The van der Waals surface area contributed by atoms with E-state index in [4.69, 9.17) is 0 Å². The summed E-state index contributed by atoms with van der Waals surface area (Å²) in [5, 5.41) is 15.5. The number of aliphatic hydroxyl groups excluding tert-OH is 1. The number of aliphatic hydroxyl groups is 1. The average Bonchev–Trinajstić information content (AvgIpc) is 2.59. The van der Waals surface area contributed by atoms with Gasteiger partial charge in [-0.05, 0) is 37.0 Å². The minimum atomic E-state index is -0.494. The summed E-state index contributed by atoms with van der Waals surface area (Å²) in [5.74, 6) is -0.205. The lowest BCUT2D eigenvalue weighted by atomic mass is 9.85. The van der Waals surface area contributed by atoms with E-state index in [1.165, 1.54) is 6.42 Å². The molecule has 1 aromatic carbocycles. The number of rotatable bonds is 5. The van der Waals surface area contributed by atoms with Crippen LogP contribution in [0.15, 0.2) is 24.3 Å². The van der Waals surface area contributed by atoms with Crippen molar-refractivity contribution < 1.29 is 14.7 Å². The highest BCUT2D eigenvalue weighted by molar-refractivity contribution is 5.99. The minimum absolute atomic E-state index is 0.225. The summed E-state index contributed by atoms with van der Waals surface area (Å²) in [6, 6.07) is 6.56. The molecule has 0 aliphatic heterocycles. The number of nitrogens with one attached hydrogen (secondary N) is 2. The van der Waals surface area contributed by atoms with Gasteiger partial charge in [-0.1, -0.05) is 25.3 Å². The Bertz CT molecular complexity index is 524. The van der Waals surface area contributed by atoms with Crippen LogP contribution in [0.5, 0.6) is 0 Å². The molecule has 1 fully saturated rings. The highest BCUT2D eigenvalue weighted by atomic mass is 16.3. The molecule has 0 aromatic heterocycles. The standard InChI is InChI=1S/C17H24N2O3/c1-18-16(21)13-8-5-9-14(10-13)17(22)19-11-15(20)12-6-3-2-4-7-12/h5,8-10,12,15,20H,2-4,6-7,11H2,1H3,(H,18,21)(H,19,22)/t15-/m0/s1. The van der Waals surface area contributed by atoms with E-state index in [-0.39, 0.29) is 24.3 Å². The molecule has 1 saturated carbocycles. The van der Waals surface area contributed by atoms with Gasteiger partial charge in [-0.15, -0.1) is 0 Å². The second-order valence-corrected chi connectivity index (χ2v) is 5.84. The van der Waals surface area contributed by atoms with Gasteiger partial charge in [0.05, 0.1) is 6.10 Å². The molecule has 5 heteroatoms. The van der Waals surface area contributed by atoms with Crippen LogP contribution in [-0.4, -0.2) is 36.6 Å². The summed E-state index contributed by atoms with van der Waals surface area (Å²) in [7, 11) is 1.55. The van der Waals surface area contributed by atoms with Gasteiger partial charge in [-0.2, -0.15) is 0 Å². The van der Waals surface area contributed by atoms with Crippen LogP contribution in [0.3, 0.4) is 0 Å². The van der Waals surface area contributed by atoms with Crippen LogP contribution in [0.1, 0.15) is 52.8 Å². The van der Waals surface area contributed by atoms with Gasteiger partial charge >= 0.3 is 0 Å². The first-order chi connectivity index (χ1) is 10.6. The second-order valence-electron chi connectivity index (χ2n) is 5.84. The summed E-state index contributed by atoms with van der Waals surface area (Å²) in [6.45, 7) is 0.258. The van der Waals surface area contributed by atoms with Crippen molar-refractivity contribution in [3.05, 3.63) is 35.4 Å². The first-order valence-corrected chi connectivity index (χ1v) is 7.90. The molecule has 1 aromatic rings. The summed E-state index contributed by atoms with van der Waals surface area (Å²) < 4.78 is 0. The van der Waals surface area contributed by atoms with Gasteiger partial charge in [0.1, 0.15) is 0 Å². The van der Waals surface area contributed by atoms with Crippen LogP contribution in [0.2, 0.25) is 0 Å². The molecule has 22 heavy (non-hydrogen) atoms. The van der Waals surface area contributed by atoms with Gasteiger partial charge in [-0.25, -0.2) is 0 Å². The maximum atomic E-state index is 12.1. The van der Waals surface area contributed by atoms with Crippen molar-refractivity contribution in [1.29, 1.82) is 0 Å². The molecule has 0 radical (unpaired) electrons. The Morgan fingerprint density at radius 2 is 1.82 bits per heavy atom. The zero-order valence-corrected chi connectivity index (χ0v) is 13.0. The summed E-state index contributed by atoms with van der Waals surface area (Å²) in [5.41, 5.74) is 0.875. The third-order valence-electron chi connectivity index (χ3n) is 4.28. The molecule has 3 N–H and O–H groups in total. The summed E-state index contributed by atoms with van der Waals surface area (Å²) >= 11 is 0. The maximum Gasteiger partial charge on any atom is 0.251 e. The third kappa shape index (κ3) is 4.31. The Hall–Kier alpha value is -1.88. The van der Waals surface area contributed by atoms with E-state index >= 15 is 0 Å². The Labute approximate surface area is 131 Å². The third-order valence-corrected chi connectivity index (χ3v) is 4.28. The van der Waals surface area contributed by atoms with Gasteiger partial charge in [0.15, 0.2) is 0 Å². The zero-order chi connectivity index (χ0) is 15.9. The molecule has 0 spiro atoms. The van der Waals surface area contributed by atoms with E-state index in [2.05, 4.69) is 10.6 Å². The van der Waals surface area contributed by atoms with Crippen molar-refractivity contribution in [2.75, 3.05) is 13.6 Å². The predicted octanol–water partition coefficient (Wildman–Crippen LogP) is 1.72. The van der Waals surface area contributed by atoms with E-state index in [0.717, 1.165) is 25.7 Å². The van der Waals surface area contributed by atoms with Gasteiger partial charge < -0.3 is 15.7 Å². The predicted molar refractivity (Wildman–Crippen MR) is 84.7 cm³/mol. The van der Waals surface area contributed by atoms with Crippen molar-refractivity contribution in [1.82, 2.24) is 10.6 Å². The van der Waals surface area contributed by atoms with Crippen LogP contribution in [0.25, 0.3) is 0 Å². The molecule has 2 amide bonds. The van der Waals surface area contributed by atoms with Crippen molar-refractivity contribution in [3.63, 3.8) is 0 Å². The monoisotopic (exact) mass is 304 g/mol. The SMILES string of the molecule is CNC(=O)c1cccc(C(=O)NC[C@H](O)C2CCCCC2)c1. The molecule has 0 saturated heterocycles. The van der Waals surface area contributed by atoms with Crippen LogP contribution in [0.4, 0.5) is 0 Å². The summed E-state index contributed by atoms with van der Waals surface area (Å²) in [4.78, 5) is 23.7. The Morgan fingerprint density at radius 3 is 2.45 bits per heavy atom. The Kier molecular flexibility index (Phi) is 5.95. The molecule has 1 atom stereocenters. The van der Waals surface area contributed by atoms with Crippen molar-refractivity contribution >= 4 is 11.8 Å². The van der Waals surface area contributed by atoms with Crippen LogP contribution in [0, 0.1) is 5.92 Å². The van der Waals surface area contributed by atoms with Crippen LogP contribution in [-0.2, 0) is 0 Å². The second kappa shape index (κ2) is 7.94. The Morgan fingerprint density at radius 1 is 1.18 bits per heavy atom. The first kappa shape index (κ1) is 16.5. The fourth-order valence-corrected chi connectivity index (χ4v) is 2.93. The van der Waals surface area contributed by atoms with Crippen molar-refractivity contribution in [2.45, 2.75) is 38.2 Å². The smallest absolute Gasteiger partial charge is 0.251 e. The van der Waals surface area contributed by atoms with E-state index in [1.807, 2.05) is 0 Å². The Balaban J connectivity index is 1.90. The summed E-state index contributed by atoms with van der Waals surface area (Å²) in [6.07, 6.45) is 5.12. The quantitative estimate of drug-likeness (QED) is 0.775. The van der Waals surface area contributed by atoms with Crippen LogP contribution >= 0.6 is 0 Å². The van der Waals surface area contributed by atoms with Gasteiger partial charge in [0.25, 0.3) is 11.8 Å². The normalized spacial score (nSPS) is 16.8. The molecule has 0 unspecified atom stereocenters. The highest BCUT2D eigenvalue weighted by Crippen LogP contribution is 2.26. The molecule has 5 nitrogen and oxygen atoms in total. The molecule has 0 heterocycles. The van der Waals surface area contributed by atoms with E-state index in [9.17, 15) is 14.7 Å². The number of hydrogen-bond donors (Lipinski definition) is 3. The maximum absolute atomic E-state index is 12.1. The number of carbonyl (C=O) groups excluding carboxylic acids is 2. The lowest BCUT2D eigenvalue weighted by molar-refractivity contribution is 0.0738. The molecule has 1 aliphatic rings. The molecule has 120 valence electrons. The number of benzene rings is 1. The van der Waals surface area contributed by atoms with E-state index < -0.39 is 6.10 Å². The minimum Gasteiger partial charge on any atom is -0.391 e. The van der Waals surface area contributed by atoms with E-state index in [0.29, 0.717) is 11.1 Å². The first-order valence-electron chi connectivity index (χ1n) is 7.90. The number of amides is 2. The molecule has 0 bridgehead atoms.